The van der Waals surface area contributed by atoms with E-state index in [4.69, 9.17) is 9.84 Å². The second kappa shape index (κ2) is 5.76. The largest absolute Gasteiger partial charge is 0.481 e. The fourth-order valence-corrected chi connectivity index (χ4v) is 3.26. The van der Waals surface area contributed by atoms with Crippen molar-refractivity contribution in [1.29, 1.82) is 0 Å². The fraction of sp³-hybridized carbons (Fsp3) is 0.889. The van der Waals surface area contributed by atoms with Gasteiger partial charge in [0.05, 0.1) is 25.7 Å². The molecule has 1 unspecified atom stereocenters. The Labute approximate surface area is 101 Å². The first-order valence-electron chi connectivity index (χ1n) is 5.41. The van der Waals surface area contributed by atoms with Gasteiger partial charge in [-0.05, 0) is 13.8 Å². The summed E-state index contributed by atoms with van der Waals surface area (Å²) in [6, 6.07) is -0.870. The summed E-state index contributed by atoms with van der Waals surface area (Å²) in [7, 11) is -3.64. The molecule has 1 aliphatic rings. The van der Waals surface area contributed by atoms with Crippen molar-refractivity contribution in [3.05, 3.63) is 0 Å². The standard InChI is InChI=1S/C9H18N2O5S/c1-7(2)10-17(14,15)11-3-4-16-6-8(11)5-9(12)13/h7-8,10H,3-6H2,1-2H3,(H,12,13). The molecule has 17 heavy (non-hydrogen) atoms. The van der Waals surface area contributed by atoms with Gasteiger partial charge in [-0.25, -0.2) is 0 Å². The van der Waals surface area contributed by atoms with E-state index in [1.54, 1.807) is 13.8 Å². The van der Waals surface area contributed by atoms with Crippen molar-refractivity contribution >= 4 is 16.2 Å². The Morgan fingerprint density at radius 1 is 1.59 bits per heavy atom. The van der Waals surface area contributed by atoms with Gasteiger partial charge in [-0.1, -0.05) is 0 Å². The molecule has 1 atom stereocenters. The molecular formula is C9H18N2O5S. The van der Waals surface area contributed by atoms with Crippen LogP contribution in [-0.2, 0) is 19.7 Å². The molecule has 0 amide bonds. The van der Waals surface area contributed by atoms with Crippen molar-refractivity contribution in [2.24, 2.45) is 0 Å². The average molecular weight is 266 g/mol. The summed E-state index contributed by atoms with van der Waals surface area (Å²) in [4.78, 5) is 10.7. The highest BCUT2D eigenvalue weighted by molar-refractivity contribution is 7.87. The first-order valence-corrected chi connectivity index (χ1v) is 6.85. The number of carbonyl (C=O) groups is 1. The lowest BCUT2D eigenvalue weighted by molar-refractivity contribution is -0.139. The second-order valence-electron chi connectivity index (χ2n) is 4.21. The molecule has 7 nitrogen and oxygen atoms in total. The maximum Gasteiger partial charge on any atom is 0.305 e. The lowest BCUT2D eigenvalue weighted by Gasteiger charge is -2.34. The number of carboxylic acid groups (broad SMARTS) is 1. The number of rotatable bonds is 5. The van der Waals surface area contributed by atoms with Crippen LogP contribution in [0.15, 0.2) is 0 Å². The number of morpholine rings is 1. The van der Waals surface area contributed by atoms with Gasteiger partial charge in [-0.15, -0.1) is 0 Å². The smallest absolute Gasteiger partial charge is 0.305 e. The predicted octanol–water partition coefficient (Wildman–Crippen LogP) is -0.595. The SMILES string of the molecule is CC(C)NS(=O)(=O)N1CCOCC1CC(=O)O. The Morgan fingerprint density at radius 3 is 2.76 bits per heavy atom. The zero-order valence-corrected chi connectivity index (χ0v) is 10.7. The molecule has 0 aromatic heterocycles. The van der Waals surface area contributed by atoms with Crippen LogP contribution in [0.4, 0.5) is 0 Å². The lowest BCUT2D eigenvalue weighted by Crippen LogP contribution is -2.54. The van der Waals surface area contributed by atoms with Gasteiger partial charge in [0.2, 0.25) is 0 Å². The molecule has 1 heterocycles. The van der Waals surface area contributed by atoms with Crippen LogP contribution in [0.5, 0.6) is 0 Å². The summed E-state index contributed by atoms with van der Waals surface area (Å²) in [5, 5.41) is 8.73. The van der Waals surface area contributed by atoms with Crippen LogP contribution in [0.25, 0.3) is 0 Å². The van der Waals surface area contributed by atoms with Crippen molar-refractivity contribution in [3.63, 3.8) is 0 Å². The Bertz CT molecular complexity index is 368. The predicted molar refractivity (Wildman–Crippen MR) is 60.8 cm³/mol. The van der Waals surface area contributed by atoms with Crippen molar-refractivity contribution in [3.8, 4) is 0 Å². The zero-order chi connectivity index (χ0) is 13.1. The van der Waals surface area contributed by atoms with E-state index in [2.05, 4.69) is 4.72 Å². The highest BCUT2D eigenvalue weighted by Crippen LogP contribution is 2.14. The van der Waals surface area contributed by atoms with Crippen LogP contribution >= 0.6 is 0 Å². The van der Waals surface area contributed by atoms with Gasteiger partial charge in [0.1, 0.15) is 0 Å². The summed E-state index contributed by atoms with van der Waals surface area (Å²) in [6.45, 7) is 4.01. The molecule has 0 aromatic rings. The molecule has 2 N–H and O–H groups in total. The summed E-state index contributed by atoms with van der Waals surface area (Å²) < 4.78 is 32.6. The number of nitrogens with zero attached hydrogens (tertiary/aromatic N) is 1. The minimum Gasteiger partial charge on any atom is -0.481 e. The average Bonchev–Trinajstić information content (AvgIpc) is 2.15. The van der Waals surface area contributed by atoms with E-state index in [0.717, 1.165) is 0 Å². The normalized spacial score (nSPS) is 22.9. The third-order valence-electron chi connectivity index (χ3n) is 2.28. The molecule has 1 rings (SSSR count). The van der Waals surface area contributed by atoms with E-state index in [0.29, 0.717) is 0 Å². The summed E-state index contributed by atoms with van der Waals surface area (Å²) >= 11 is 0. The van der Waals surface area contributed by atoms with E-state index in [-0.39, 0.29) is 32.2 Å². The van der Waals surface area contributed by atoms with Crippen LogP contribution in [0.3, 0.4) is 0 Å². The fourth-order valence-electron chi connectivity index (χ4n) is 1.68. The van der Waals surface area contributed by atoms with E-state index >= 15 is 0 Å². The lowest BCUT2D eigenvalue weighted by atomic mass is 10.2. The van der Waals surface area contributed by atoms with Gasteiger partial charge in [-0.3, -0.25) is 4.79 Å². The van der Waals surface area contributed by atoms with Gasteiger partial charge in [0.15, 0.2) is 0 Å². The summed E-state index contributed by atoms with van der Waals surface area (Å²) in [6.07, 6.45) is -0.251. The van der Waals surface area contributed by atoms with E-state index in [1.165, 1.54) is 4.31 Å². The van der Waals surface area contributed by atoms with Crippen LogP contribution in [0, 0.1) is 0 Å². The van der Waals surface area contributed by atoms with Gasteiger partial charge in [-0.2, -0.15) is 17.4 Å². The molecule has 0 aromatic carbocycles. The third kappa shape index (κ3) is 4.23. The van der Waals surface area contributed by atoms with Gasteiger partial charge < -0.3 is 9.84 Å². The Balaban J connectivity index is 2.80. The van der Waals surface area contributed by atoms with Crippen LogP contribution < -0.4 is 4.72 Å². The summed E-state index contributed by atoms with van der Waals surface area (Å²) in [5.74, 6) is -1.04. The molecule has 0 saturated carbocycles. The molecule has 0 spiro atoms. The monoisotopic (exact) mass is 266 g/mol. The minimum atomic E-state index is -3.64. The van der Waals surface area contributed by atoms with E-state index in [9.17, 15) is 13.2 Å². The van der Waals surface area contributed by atoms with Gasteiger partial charge >= 0.3 is 5.97 Å². The molecule has 1 aliphatic heterocycles. The van der Waals surface area contributed by atoms with Crippen LogP contribution in [0.1, 0.15) is 20.3 Å². The van der Waals surface area contributed by atoms with Crippen LogP contribution in [-0.4, -0.2) is 55.6 Å². The first kappa shape index (κ1) is 14.4. The second-order valence-corrected chi connectivity index (χ2v) is 5.87. The number of hydrogen-bond acceptors (Lipinski definition) is 4. The van der Waals surface area contributed by atoms with E-state index < -0.39 is 22.2 Å². The maximum absolute atomic E-state index is 12.0. The molecule has 0 radical (unpaired) electrons. The van der Waals surface area contributed by atoms with Gasteiger partial charge in [0, 0.05) is 12.6 Å². The van der Waals surface area contributed by atoms with Crippen molar-refractivity contribution in [1.82, 2.24) is 9.03 Å². The number of nitrogens with one attached hydrogen (secondary N) is 1. The summed E-state index contributed by atoms with van der Waals surface area (Å²) in [5.41, 5.74) is 0. The quantitative estimate of drug-likeness (QED) is 0.693. The first-order chi connectivity index (χ1) is 7.83. The Morgan fingerprint density at radius 2 is 2.24 bits per heavy atom. The van der Waals surface area contributed by atoms with E-state index in [1.807, 2.05) is 0 Å². The minimum absolute atomic E-state index is 0.116. The van der Waals surface area contributed by atoms with Crippen molar-refractivity contribution < 1.29 is 23.1 Å². The molecule has 1 saturated heterocycles. The number of ether oxygens (including phenoxy) is 1. The van der Waals surface area contributed by atoms with Crippen molar-refractivity contribution in [2.45, 2.75) is 32.4 Å². The number of hydrogen-bond donors (Lipinski definition) is 2. The van der Waals surface area contributed by atoms with Crippen LogP contribution in [0.2, 0.25) is 0 Å². The molecule has 8 heteroatoms. The Hall–Kier alpha value is -0.700. The number of carboxylic acids is 1. The highest BCUT2D eigenvalue weighted by atomic mass is 32.2. The topological polar surface area (TPSA) is 95.9 Å². The molecule has 0 bridgehead atoms. The molecule has 0 aliphatic carbocycles. The maximum atomic E-state index is 12.0. The van der Waals surface area contributed by atoms with Crippen molar-refractivity contribution in [2.75, 3.05) is 19.8 Å². The Kier molecular flexibility index (Phi) is 4.87. The highest BCUT2D eigenvalue weighted by Gasteiger charge is 2.34. The van der Waals surface area contributed by atoms with Gasteiger partial charge in [0.25, 0.3) is 10.2 Å². The molecule has 100 valence electrons. The molecule has 1 fully saturated rings. The molecular weight excluding hydrogens is 248 g/mol. The third-order valence-corrected chi connectivity index (χ3v) is 4.14. The number of aliphatic carboxylic acids is 1. The zero-order valence-electron chi connectivity index (χ0n) is 9.92.